The number of nitrogens with zero attached hydrogens (tertiary/aromatic N) is 2. The van der Waals surface area contributed by atoms with E-state index in [9.17, 15) is 9.18 Å². The number of halogens is 2. The van der Waals surface area contributed by atoms with Crippen LogP contribution in [0.2, 0.25) is 5.02 Å². The smallest absolute Gasteiger partial charge is 0.356 e. The molecule has 2 aromatic carbocycles. The van der Waals surface area contributed by atoms with Crippen molar-refractivity contribution in [1.29, 1.82) is 0 Å². The average Bonchev–Trinajstić information content (AvgIpc) is 2.97. The maximum absolute atomic E-state index is 14.4. The van der Waals surface area contributed by atoms with Gasteiger partial charge in [0.2, 0.25) is 0 Å². The van der Waals surface area contributed by atoms with Crippen molar-refractivity contribution in [3.05, 3.63) is 70.6 Å². The third-order valence-corrected chi connectivity index (χ3v) is 3.90. The molecule has 3 aromatic rings. The summed E-state index contributed by atoms with van der Waals surface area (Å²) in [5.41, 5.74) is 1.61. The van der Waals surface area contributed by atoms with Crippen LogP contribution in [0.5, 0.6) is 5.75 Å². The predicted octanol–water partition coefficient (Wildman–Crippen LogP) is 4.16. The van der Waals surface area contributed by atoms with E-state index >= 15 is 0 Å². The van der Waals surface area contributed by atoms with Gasteiger partial charge in [-0.2, -0.15) is 5.10 Å². The number of ether oxygens (including phenoxy) is 1. The van der Waals surface area contributed by atoms with E-state index in [0.29, 0.717) is 11.3 Å². The van der Waals surface area contributed by atoms with E-state index in [4.69, 9.17) is 21.4 Å². The number of hydrogen-bond donors (Lipinski definition) is 1. The summed E-state index contributed by atoms with van der Waals surface area (Å²) >= 11 is 6.16. The Bertz CT molecular complexity index is 902. The van der Waals surface area contributed by atoms with E-state index in [-0.39, 0.29) is 23.1 Å². The van der Waals surface area contributed by atoms with Gasteiger partial charge < -0.3 is 9.84 Å². The summed E-state index contributed by atoms with van der Waals surface area (Å²) in [7, 11) is 1.58. The van der Waals surface area contributed by atoms with E-state index < -0.39 is 11.8 Å². The molecule has 0 saturated carbocycles. The number of aromatic nitrogens is 2. The molecule has 0 amide bonds. The molecule has 1 N–H and O–H groups in total. The molecular formula is C18H14ClFN2O3. The van der Waals surface area contributed by atoms with Crippen molar-refractivity contribution in [3.63, 3.8) is 0 Å². The summed E-state index contributed by atoms with van der Waals surface area (Å²) in [5, 5.41) is 13.0. The van der Waals surface area contributed by atoms with Crippen LogP contribution >= 0.6 is 11.6 Å². The third-order valence-electron chi connectivity index (χ3n) is 3.62. The predicted molar refractivity (Wildman–Crippen MR) is 91.3 cm³/mol. The van der Waals surface area contributed by atoms with Gasteiger partial charge in [-0.25, -0.2) is 9.18 Å². The molecule has 0 spiro atoms. The van der Waals surface area contributed by atoms with Gasteiger partial charge in [0.1, 0.15) is 6.61 Å². The Morgan fingerprint density at radius 3 is 2.60 bits per heavy atom. The Hall–Kier alpha value is -2.86. The maximum Gasteiger partial charge on any atom is 0.356 e. The lowest BCUT2D eigenvalue weighted by atomic mass is 10.1. The number of carboxylic acid groups (broad SMARTS) is 1. The molecule has 0 aliphatic heterocycles. The van der Waals surface area contributed by atoms with Crippen LogP contribution < -0.4 is 4.74 Å². The van der Waals surface area contributed by atoms with E-state index in [0.717, 1.165) is 5.56 Å². The first-order chi connectivity index (χ1) is 12.0. The lowest BCUT2D eigenvalue weighted by molar-refractivity contribution is 0.0689. The molecule has 7 heteroatoms. The minimum absolute atomic E-state index is 0.0464. The number of hydrogen-bond acceptors (Lipinski definition) is 3. The molecule has 1 aromatic heterocycles. The molecule has 3 rings (SSSR count). The highest BCUT2D eigenvalue weighted by molar-refractivity contribution is 6.32. The number of benzene rings is 2. The van der Waals surface area contributed by atoms with Crippen LogP contribution in [-0.4, -0.2) is 20.9 Å². The zero-order chi connectivity index (χ0) is 18.0. The highest BCUT2D eigenvalue weighted by Crippen LogP contribution is 2.34. The monoisotopic (exact) mass is 360 g/mol. The van der Waals surface area contributed by atoms with Crippen LogP contribution in [0.1, 0.15) is 16.1 Å². The van der Waals surface area contributed by atoms with Gasteiger partial charge in [-0.15, -0.1) is 0 Å². The molecule has 25 heavy (non-hydrogen) atoms. The van der Waals surface area contributed by atoms with E-state index in [1.807, 2.05) is 30.3 Å². The third kappa shape index (κ3) is 3.64. The summed E-state index contributed by atoms with van der Waals surface area (Å²) in [5.74, 6) is -1.83. The molecule has 0 fully saturated rings. The van der Waals surface area contributed by atoms with Gasteiger partial charge in [-0.1, -0.05) is 41.9 Å². The zero-order valence-electron chi connectivity index (χ0n) is 13.2. The molecule has 5 nitrogen and oxygen atoms in total. The van der Waals surface area contributed by atoms with E-state index in [2.05, 4.69) is 5.10 Å². The van der Waals surface area contributed by atoms with Crippen molar-refractivity contribution in [1.82, 2.24) is 9.78 Å². The first-order valence-electron chi connectivity index (χ1n) is 7.39. The molecule has 0 radical (unpaired) electrons. The lowest BCUT2D eigenvalue weighted by Gasteiger charge is -2.11. The van der Waals surface area contributed by atoms with Crippen molar-refractivity contribution < 1.29 is 19.0 Å². The number of carboxylic acids is 1. The van der Waals surface area contributed by atoms with Crippen molar-refractivity contribution in [2.75, 3.05) is 0 Å². The fourth-order valence-electron chi connectivity index (χ4n) is 2.42. The van der Waals surface area contributed by atoms with E-state index in [1.54, 1.807) is 7.05 Å². The van der Waals surface area contributed by atoms with E-state index in [1.165, 1.54) is 22.9 Å². The summed E-state index contributed by atoms with van der Waals surface area (Å²) in [4.78, 5) is 11.0. The Labute approximate surface area is 148 Å². The molecule has 128 valence electrons. The van der Waals surface area contributed by atoms with Crippen molar-refractivity contribution in [3.8, 4) is 17.0 Å². The first-order valence-corrected chi connectivity index (χ1v) is 7.77. The van der Waals surface area contributed by atoms with Gasteiger partial charge >= 0.3 is 5.97 Å². The Balaban J connectivity index is 1.89. The maximum atomic E-state index is 14.4. The molecule has 0 aliphatic rings. The molecule has 0 unspecified atom stereocenters. The van der Waals surface area contributed by atoms with Crippen LogP contribution in [0.15, 0.2) is 48.5 Å². The van der Waals surface area contributed by atoms with Crippen molar-refractivity contribution in [2.45, 2.75) is 6.61 Å². The normalized spacial score (nSPS) is 10.7. The van der Waals surface area contributed by atoms with Crippen molar-refractivity contribution >= 4 is 17.6 Å². The van der Waals surface area contributed by atoms with Gasteiger partial charge in [0.15, 0.2) is 17.3 Å². The van der Waals surface area contributed by atoms with Gasteiger partial charge in [-0.3, -0.25) is 4.68 Å². The first kappa shape index (κ1) is 17.0. The Kier molecular flexibility index (Phi) is 4.72. The SMILES string of the molecule is Cn1nc(C(=O)O)cc1-c1cc(F)c(OCc2ccccc2)c(Cl)c1. The zero-order valence-corrected chi connectivity index (χ0v) is 14.0. The summed E-state index contributed by atoms with van der Waals surface area (Å²) in [6.45, 7) is 0.186. The molecule has 0 aliphatic carbocycles. The highest BCUT2D eigenvalue weighted by Gasteiger charge is 2.17. The van der Waals surface area contributed by atoms with Gasteiger partial charge in [0.05, 0.1) is 10.7 Å². The fraction of sp³-hybridized carbons (Fsp3) is 0.111. The minimum Gasteiger partial charge on any atom is -0.484 e. The largest absolute Gasteiger partial charge is 0.484 e. The Morgan fingerprint density at radius 1 is 1.28 bits per heavy atom. The minimum atomic E-state index is -1.16. The van der Waals surface area contributed by atoms with Crippen molar-refractivity contribution in [2.24, 2.45) is 7.05 Å². The van der Waals surface area contributed by atoms with Crippen LogP contribution in [0.25, 0.3) is 11.3 Å². The second-order valence-electron chi connectivity index (χ2n) is 5.39. The summed E-state index contributed by atoms with van der Waals surface area (Å²) in [6.07, 6.45) is 0. The van der Waals surface area contributed by atoms with Crippen LogP contribution in [0.4, 0.5) is 4.39 Å². The molecule has 0 bridgehead atoms. The Morgan fingerprint density at radius 2 is 2.00 bits per heavy atom. The molecule has 0 atom stereocenters. The van der Waals surface area contributed by atoms with Crippen LogP contribution in [-0.2, 0) is 13.7 Å². The fourth-order valence-corrected chi connectivity index (χ4v) is 2.68. The lowest BCUT2D eigenvalue weighted by Crippen LogP contribution is -2.00. The second kappa shape index (κ2) is 6.94. The van der Waals surface area contributed by atoms with Crippen LogP contribution in [0, 0.1) is 5.82 Å². The van der Waals surface area contributed by atoms with Gasteiger partial charge in [0.25, 0.3) is 0 Å². The summed E-state index contributed by atoms with van der Waals surface area (Å²) < 4.78 is 21.3. The number of aromatic carboxylic acids is 1. The second-order valence-corrected chi connectivity index (χ2v) is 5.79. The van der Waals surface area contributed by atoms with Gasteiger partial charge in [0, 0.05) is 12.6 Å². The standard InChI is InChI=1S/C18H14ClFN2O3/c1-22-16(9-15(21-22)18(23)24)12-7-13(19)17(14(20)8-12)25-10-11-5-3-2-4-6-11/h2-9H,10H2,1H3,(H,23,24). The molecular weight excluding hydrogens is 347 g/mol. The highest BCUT2D eigenvalue weighted by atomic mass is 35.5. The average molecular weight is 361 g/mol. The number of rotatable bonds is 5. The number of carbonyl (C=O) groups is 1. The molecule has 1 heterocycles. The quantitative estimate of drug-likeness (QED) is 0.742. The van der Waals surface area contributed by atoms with Gasteiger partial charge in [-0.05, 0) is 23.8 Å². The number of aryl methyl sites for hydroxylation is 1. The molecule has 0 saturated heterocycles. The van der Waals surface area contributed by atoms with Crippen LogP contribution in [0.3, 0.4) is 0 Å². The summed E-state index contributed by atoms with van der Waals surface area (Å²) in [6, 6.07) is 13.5. The topological polar surface area (TPSA) is 64.4 Å².